The lowest BCUT2D eigenvalue weighted by Gasteiger charge is -2.26. The Hall–Kier alpha value is -1.22. The maximum Gasteiger partial charge on any atom is 0.142 e. The van der Waals surface area contributed by atoms with Crippen LogP contribution in [0.4, 0.5) is 5.69 Å². The van der Waals surface area contributed by atoms with Crippen LogP contribution in [-0.2, 0) is 0 Å². The molecule has 3 nitrogen and oxygen atoms in total. The van der Waals surface area contributed by atoms with Crippen LogP contribution < -0.4 is 15.0 Å². The summed E-state index contributed by atoms with van der Waals surface area (Å²) in [5.74, 6) is 1.64. The predicted molar refractivity (Wildman–Crippen MR) is 67.2 cm³/mol. The van der Waals surface area contributed by atoms with Gasteiger partial charge in [-0.2, -0.15) is 0 Å². The third-order valence-electron chi connectivity index (χ3n) is 3.01. The molecule has 1 unspecified atom stereocenters. The van der Waals surface area contributed by atoms with Crippen LogP contribution in [0.1, 0.15) is 6.92 Å². The molecule has 1 aromatic rings. The Kier molecular flexibility index (Phi) is 3.67. The Morgan fingerprint density at radius 1 is 1.38 bits per heavy atom. The van der Waals surface area contributed by atoms with Gasteiger partial charge >= 0.3 is 0 Å². The van der Waals surface area contributed by atoms with Gasteiger partial charge in [0.1, 0.15) is 5.75 Å². The number of anilines is 1. The average molecular weight is 220 g/mol. The number of methoxy groups -OCH3 is 1. The van der Waals surface area contributed by atoms with Gasteiger partial charge in [-0.15, -0.1) is 0 Å². The monoisotopic (exact) mass is 220 g/mol. The molecule has 0 aromatic heterocycles. The lowest BCUT2D eigenvalue weighted by atomic mass is 10.1. The highest BCUT2D eigenvalue weighted by Gasteiger charge is 2.17. The molecule has 1 aliphatic rings. The normalized spacial score (nSPS) is 21.6. The quantitative estimate of drug-likeness (QED) is 0.821. The van der Waals surface area contributed by atoms with E-state index in [-0.39, 0.29) is 0 Å². The third-order valence-corrected chi connectivity index (χ3v) is 3.01. The van der Waals surface area contributed by atoms with Crippen molar-refractivity contribution in [2.24, 2.45) is 5.92 Å². The fraction of sp³-hybridized carbons (Fsp3) is 0.538. The summed E-state index contributed by atoms with van der Waals surface area (Å²) in [4.78, 5) is 2.41. The fourth-order valence-electron chi connectivity index (χ4n) is 2.20. The van der Waals surface area contributed by atoms with Crippen LogP contribution in [0.2, 0.25) is 0 Å². The highest BCUT2D eigenvalue weighted by atomic mass is 16.5. The van der Waals surface area contributed by atoms with Gasteiger partial charge in [0, 0.05) is 19.6 Å². The largest absolute Gasteiger partial charge is 0.495 e. The average Bonchev–Trinajstić information content (AvgIpc) is 2.54. The van der Waals surface area contributed by atoms with E-state index in [1.165, 1.54) is 5.69 Å². The Morgan fingerprint density at radius 3 is 3.00 bits per heavy atom. The Labute approximate surface area is 97.4 Å². The molecule has 16 heavy (non-hydrogen) atoms. The van der Waals surface area contributed by atoms with E-state index in [1.807, 2.05) is 12.1 Å². The molecule has 1 N–H and O–H groups in total. The van der Waals surface area contributed by atoms with Crippen LogP contribution in [0.25, 0.3) is 0 Å². The number of benzene rings is 1. The molecule has 0 amide bonds. The van der Waals surface area contributed by atoms with E-state index in [0.717, 1.165) is 31.9 Å². The van der Waals surface area contributed by atoms with Gasteiger partial charge in [-0.1, -0.05) is 19.1 Å². The van der Waals surface area contributed by atoms with Crippen molar-refractivity contribution in [1.82, 2.24) is 5.32 Å². The van der Waals surface area contributed by atoms with Crippen molar-refractivity contribution in [3.8, 4) is 5.75 Å². The number of ether oxygens (including phenoxy) is 1. The lowest BCUT2D eigenvalue weighted by molar-refractivity contribution is 0.414. The summed E-state index contributed by atoms with van der Waals surface area (Å²) in [6.45, 7) is 6.56. The van der Waals surface area contributed by atoms with Crippen LogP contribution in [0.15, 0.2) is 24.3 Å². The minimum absolute atomic E-state index is 0.674. The summed E-state index contributed by atoms with van der Waals surface area (Å²) in [5.41, 5.74) is 1.21. The minimum Gasteiger partial charge on any atom is -0.495 e. The van der Waals surface area contributed by atoms with Gasteiger partial charge in [0.05, 0.1) is 12.8 Å². The fourth-order valence-corrected chi connectivity index (χ4v) is 2.20. The number of hydrogen-bond donors (Lipinski definition) is 1. The Bertz CT molecular complexity index is 340. The number of hydrogen-bond acceptors (Lipinski definition) is 3. The van der Waals surface area contributed by atoms with E-state index in [0.29, 0.717) is 5.92 Å². The van der Waals surface area contributed by atoms with Gasteiger partial charge in [0.2, 0.25) is 0 Å². The first kappa shape index (κ1) is 11.3. The van der Waals surface area contributed by atoms with E-state index < -0.39 is 0 Å². The molecule has 1 fully saturated rings. The van der Waals surface area contributed by atoms with Gasteiger partial charge in [-0.3, -0.25) is 0 Å². The number of rotatable bonds is 2. The topological polar surface area (TPSA) is 24.5 Å². The molecule has 0 spiro atoms. The van der Waals surface area contributed by atoms with Gasteiger partial charge in [0.15, 0.2) is 0 Å². The highest BCUT2D eigenvalue weighted by molar-refractivity contribution is 5.58. The molecule has 88 valence electrons. The van der Waals surface area contributed by atoms with Gasteiger partial charge < -0.3 is 15.0 Å². The molecule has 0 aliphatic carbocycles. The van der Waals surface area contributed by atoms with Crippen LogP contribution in [0.3, 0.4) is 0 Å². The maximum atomic E-state index is 5.41. The second-order valence-electron chi connectivity index (χ2n) is 4.43. The summed E-state index contributed by atoms with van der Waals surface area (Å²) in [7, 11) is 1.73. The zero-order valence-corrected chi connectivity index (χ0v) is 10.1. The van der Waals surface area contributed by atoms with Crippen LogP contribution >= 0.6 is 0 Å². The molecular formula is C13H20N2O. The third kappa shape index (κ3) is 2.47. The van der Waals surface area contributed by atoms with Crippen molar-refractivity contribution in [3.05, 3.63) is 24.3 Å². The number of para-hydroxylation sites is 2. The van der Waals surface area contributed by atoms with Crippen LogP contribution in [0.5, 0.6) is 5.75 Å². The highest BCUT2D eigenvalue weighted by Crippen LogP contribution is 2.28. The standard InChI is InChI=1S/C13H20N2O/c1-11-9-14-7-8-15(10-11)12-5-3-4-6-13(12)16-2/h3-6,11,14H,7-10H2,1-2H3. The van der Waals surface area contributed by atoms with Crippen molar-refractivity contribution in [1.29, 1.82) is 0 Å². The molecule has 3 heteroatoms. The van der Waals surface area contributed by atoms with Crippen molar-refractivity contribution in [2.45, 2.75) is 6.92 Å². The van der Waals surface area contributed by atoms with Crippen LogP contribution in [-0.4, -0.2) is 33.3 Å². The van der Waals surface area contributed by atoms with Gasteiger partial charge in [-0.05, 0) is 24.6 Å². The second kappa shape index (κ2) is 5.21. The Morgan fingerprint density at radius 2 is 2.19 bits per heavy atom. The molecule has 1 aromatic carbocycles. The van der Waals surface area contributed by atoms with E-state index in [4.69, 9.17) is 4.74 Å². The van der Waals surface area contributed by atoms with Gasteiger partial charge in [0.25, 0.3) is 0 Å². The van der Waals surface area contributed by atoms with E-state index >= 15 is 0 Å². The van der Waals surface area contributed by atoms with E-state index in [2.05, 4.69) is 29.3 Å². The lowest BCUT2D eigenvalue weighted by Crippen LogP contribution is -2.29. The molecule has 1 atom stereocenters. The first-order valence-electron chi connectivity index (χ1n) is 5.90. The molecule has 1 heterocycles. The van der Waals surface area contributed by atoms with Crippen LogP contribution in [0, 0.1) is 5.92 Å². The zero-order chi connectivity index (χ0) is 11.4. The van der Waals surface area contributed by atoms with E-state index in [1.54, 1.807) is 7.11 Å². The minimum atomic E-state index is 0.674. The van der Waals surface area contributed by atoms with Gasteiger partial charge in [-0.25, -0.2) is 0 Å². The predicted octanol–water partition coefficient (Wildman–Crippen LogP) is 1.74. The van der Waals surface area contributed by atoms with Crippen molar-refractivity contribution < 1.29 is 4.74 Å². The molecular weight excluding hydrogens is 200 g/mol. The summed E-state index contributed by atoms with van der Waals surface area (Å²) >= 11 is 0. The van der Waals surface area contributed by atoms with Crippen molar-refractivity contribution >= 4 is 5.69 Å². The maximum absolute atomic E-state index is 5.41. The molecule has 0 radical (unpaired) electrons. The molecule has 0 bridgehead atoms. The number of nitrogens with zero attached hydrogens (tertiary/aromatic N) is 1. The number of nitrogens with one attached hydrogen (secondary N) is 1. The summed E-state index contributed by atoms with van der Waals surface area (Å²) in [5, 5.41) is 3.45. The molecule has 1 saturated heterocycles. The van der Waals surface area contributed by atoms with Crippen molar-refractivity contribution in [3.63, 3.8) is 0 Å². The summed E-state index contributed by atoms with van der Waals surface area (Å²) in [6, 6.07) is 8.25. The SMILES string of the molecule is COc1ccccc1N1CCNCC(C)C1. The summed E-state index contributed by atoms with van der Waals surface area (Å²) < 4.78 is 5.41. The summed E-state index contributed by atoms with van der Waals surface area (Å²) in [6.07, 6.45) is 0. The second-order valence-corrected chi connectivity index (χ2v) is 4.43. The first-order valence-corrected chi connectivity index (χ1v) is 5.90. The van der Waals surface area contributed by atoms with E-state index in [9.17, 15) is 0 Å². The Balaban J connectivity index is 2.20. The molecule has 2 rings (SSSR count). The molecule has 1 aliphatic heterocycles. The molecule has 0 saturated carbocycles. The first-order chi connectivity index (χ1) is 7.81. The van der Waals surface area contributed by atoms with Crippen molar-refractivity contribution in [2.75, 3.05) is 38.2 Å². The zero-order valence-electron chi connectivity index (χ0n) is 10.1. The smallest absolute Gasteiger partial charge is 0.142 e.